The van der Waals surface area contributed by atoms with Gasteiger partial charge in [-0.05, 0) is 58.4 Å². The van der Waals surface area contributed by atoms with E-state index in [1.54, 1.807) is 12.1 Å². The molecule has 7 nitrogen and oxygen atoms in total. The number of rotatable bonds is 5. The molecule has 0 aliphatic heterocycles. The van der Waals surface area contributed by atoms with Gasteiger partial charge in [0.05, 0.1) is 0 Å². The maximum absolute atomic E-state index is 12.7. The summed E-state index contributed by atoms with van der Waals surface area (Å²) >= 11 is 3.12. The maximum atomic E-state index is 12.7. The molecule has 1 heterocycles. The van der Waals surface area contributed by atoms with Gasteiger partial charge in [-0.15, -0.1) is 0 Å². The van der Waals surface area contributed by atoms with E-state index in [0.29, 0.717) is 10.4 Å². The number of esters is 1. The number of ether oxygens (including phenoxy) is 1. The molecule has 25 heavy (non-hydrogen) atoms. The number of hydrazine groups is 1. The van der Waals surface area contributed by atoms with Crippen molar-refractivity contribution in [2.45, 2.75) is 0 Å². The van der Waals surface area contributed by atoms with E-state index in [1.165, 1.54) is 18.2 Å². The summed E-state index contributed by atoms with van der Waals surface area (Å²) in [7, 11) is 0. The van der Waals surface area contributed by atoms with Gasteiger partial charge >= 0.3 is 5.97 Å². The highest BCUT2D eigenvalue weighted by atomic mass is 79.9. The average Bonchev–Trinajstić information content (AvgIpc) is 3.02. The molecule has 130 valence electrons. The average molecular weight is 411 g/mol. The SMILES string of the molecule is O=C(COC(=O)C=Cc1ccc(Br)o1)NNC(=O)c1ccc(F)cc1. The molecule has 1 aromatic carbocycles. The number of carbonyl (C=O) groups is 3. The fourth-order valence-corrected chi connectivity index (χ4v) is 1.91. The van der Waals surface area contributed by atoms with Crippen LogP contribution in [0.5, 0.6) is 0 Å². The second-order valence-electron chi connectivity index (χ2n) is 4.59. The normalized spacial score (nSPS) is 10.5. The lowest BCUT2D eigenvalue weighted by Gasteiger charge is -2.07. The molecule has 0 radical (unpaired) electrons. The van der Waals surface area contributed by atoms with Crippen molar-refractivity contribution in [3.8, 4) is 0 Å². The molecule has 0 saturated carbocycles. The molecular formula is C16H12BrFN2O5. The van der Waals surface area contributed by atoms with Crippen LogP contribution in [0, 0.1) is 5.82 Å². The third-order valence-electron chi connectivity index (χ3n) is 2.75. The van der Waals surface area contributed by atoms with Crippen molar-refractivity contribution in [2.75, 3.05) is 6.61 Å². The second kappa shape index (κ2) is 8.78. The molecule has 2 amide bonds. The summed E-state index contributed by atoms with van der Waals surface area (Å²) in [5, 5.41) is 0. The Morgan fingerprint density at radius 3 is 2.48 bits per heavy atom. The van der Waals surface area contributed by atoms with Crippen molar-refractivity contribution >= 4 is 39.8 Å². The molecule has 0 atom stereocenters. The summed E-state index contributed by atoms with van der Waals surface area (Å²) in [6.07, 6.45) is 2.47. The minimum Gasteiger partial charge on any atom is -0.452 e. The van der Waals surface area contributed by atoms with E-state index in [-0.39, 0.29) is 5.56 Å². The molecule has 0 aliphatic carbocycles. The van der Waals surface area contributed by atoms with E-state index in [4.69, 9.17) is 9.15 Å². The third kappa shape index (κ3) is 6.22. The van der Waals surface area contributed by atoms with Crippen LogP contribution in [0.15, 0.2) is 51.6 Å². The van der Waals surface area contributed by atoms with Gasteiger partial charge in [-0.25, -0.2) is 9.18 Å². The van der Waals surface area contributed by atoms with Crippen molar-refractivity contribution in [3.63, 3.8) is 0 Å². The monoisotopic (exact) mass is 410 g/mol. The minimum absolute atomic E-state index is 0.159. The van der Waals surface area contributed by atoms with E-state index in [9.17, 15) is 18.8 Å². The van der Waals surface area contributed by atoms with E-state index >= 15 is 0 Å². The van der Waals surface area contributed by atoms with Crippen LogP contribution in [-0.4, -0.2) is 24.4 Å². The summed E-state index contributed by atoms with van der Waals surface area (Å²) in [5.41, 5.74) is 4.34. The van der Waals surface area contributed by atoms with Gasteiger partial charge in [0, 0.05) is 11.6 Å². The lowest BCUT2D eigenvalue weighted by Crippen LogP contribution is -2.43. The van der Waals surface area contributed by atoms with Crippen LogP contribution in [0.3, 0.4) is 0 Å². The zero-order chi connectivity index (χ0) is 18.2. The standard InChI is InChI=1S/C16H12BrFN2O5/c17-13-7-5-12(25-13)6-8-15(22)24-9-14(21)19-20-16(23)10-1-3-11(18)4-2-10/h1-8H,9H2,(H,19,21)(H,20,23). The largest absolute Gasteiger partial charge is 0.452 e. The molecule has 0 spiro atoms. The first-order chi connectivity index (χ1) is 11.9. The molecular weight excluding hydrogens is 399 g/mol. The van der Waals surface area contributed by atoms with Crippen LogP contribution < -0.4 is 10.9 Å². The highest BCUT2D eigenvalue weighted by molar-refractivity contribution is 9.10. The van der Waals surface area contributed by atoms with E-state index in [2.05, 4.69) is 26.8 Å². The Kier molecular flexibility index (Phi) is 6.47. The Labute approximate surface area is 149 Å². The number of carbonyl (C=O) groups excluding carboxylic acids is 3. The molecule has 0 aliphatic rings. The van der Waals surface area contributed by atoms with Crippen LogP contribution >= 0.6 is 15.9 Å². The van der Waals surface area contributed by atoms with Crippen molar-refractivity contribution in [2.24, 2.45) is 0 Å². The van der Waals surface area contributed by atoms with Gasteiger partial charge in [0.1, 0.15) is 11.6 Å². The van der Waals surface area contributed by atoms with Gasteiger partial charge < -0.3 is 9.15 Å². The second-order valence-corrected chi connectivity index (χ2v) is 5.37. The van der Waals surface area contributed by atoms with Gasteiger partial charge in [-0.2, -0.15) is 0 Å². The first kappa shape index (κ1) is 18.4. The minimum atomic E-state index is -0.757. The summed E-state index contributed by atoms with van der Waals surface area (Å²) < 4.78 is 23.1. The summed E-state index contributed by atoms with van der Waals surface area (Å²) in [6, 6.07) is 8.03. The zero-order valence-electron chi connectivity index (χ0n) is 12.6. The number of halogens is 2. The van der Waals surface area contributed by atoms with Crippen molar-refractivity contribution in [3.05, 3.63) is 64.3 Å². The van der Waals surface area contributed by atoms with Crippen molar-refractivity contribution in [1.82, 2.24) is 10.9 Å². The number of hydrogen-bond acceptors (Lipinski definition) is 5. The lowest BCUT2D eigenvalue weighted by atomic mass is 10.2. The van der Waals surface area contributed by atoms with Gasteiger partial charge in [-0.1, -0.05) is 0 Å². The Hall–Kier alpha value is -2.94. The molecule has 0 unspecified atom stereocenters. The summed E-state index contributed by atoms with van der Waals surface area (Å²) in [4.78, 5) is 34.6. The van der Waals surface area contributed by atoms with Crippen LogP contribution in [0.1, 0.15) is 16.1 Å². The van der Waals surface area contributed by atoms with Crippen molar-refractivity contribution in [1.29, 1.82) is 0 Å². The fraction of sp³-hybridized carbons (Fsp3) is 0.0625. The highest BCUT2D eigenvalue weighted by Gasteiger charge is 2.09. The molecule has 2 aromatic rings. The summed E-state index contributed by atoms with van der Waals surface area (Å²) in [6.45, 7) is -0.589. The number of amides is 2. The highest BCUT2D eigenvalue weighted by Crippen LogP contribution is 2.14. The predicted molar refractivity (Wildman–Crippen MR) is 88.4 cm³/mol. The molecule has 0 fully saturated rings. The van der Waals surface area contributed by atoms with Gasteiger partial charge in [-0.3, -0.25) is 20.4 Å². The van der Waals surface area contributed by atoms with E-state index in [0.717, 1.165) is 18.2 Å². The van der Waals surface area contributed by atoms with Crippen LogP contribution in [-0.2, 0) is 14.3 Å². The van der Waals surface area contributed by atoms with Gasteiger partial charge in [0.2, 0.25) is 0 Å². The topological polar surface area (TPSA) is 97.6 Å². The number of hydrogen-bond donors (Lipinski definition) is 2. The molecule has 0 bridgehead atoms. The predicted octanol–water partition coefficient (Wildman–Crippen LogP) is 2.20. The molecule has 2 rings (SSSR count). The van der Waals surface area contributed by atoms with Crippen molar-refractivity contribution < 1.29 is 27.9 Å². The van der Waals surface area contributed by atoms with Crippen LogP contribution in [0.25, 0.3) is 6.08 Å². The van der Waals surface area contributed by atoms with Crippen LogP contribution in [0.4, 0.5) is 4.39 Å². The number of nitrogens with one attached hydrogen (secondary N) is 2. The first-order valence-corrected chi connectivity index (χ1v) is 7.68. The Morgan fingerprint density at radius 1 is 1.12 bits per heavy atom. The lowest BCUT2D eigenvalue weighted by molar-refractivity contribution is -0.144. The number of furan rings is 1. The Morgan fingerprint density at radius 2 is 1.84 bits per heavy atom. The first-order valence-electron chi connectivity index (χ1n) is 6.89. The molecule has 1 aromatic heterocycles. The van der Waals surface area contributed by atoms with Crippen LogP contribution in [0.2, 0.25) is 0 Å². The quantitative estimate of drug-likeness (QED) is 0.447. The Balaban J connectivity index is 1.71. The Bertz CT molecular complexity index is 801. The zero-order valence-corrected chi connectivity index (χ0v) is 14.2. The molecule has 0 saturated heterocycles. The van der Waals surface area contributed by atoms with E-state index < -0.39 is 30.2 Å². The molecule has 2 N–H and O–H groups in total. The van der Waals surface area contributed by atoms with E-state index in [1.807, 2.05) is 0 Å². The van der Waals surface area contributed by atoms with Gasteiger partial charge in [0.25, 0.3) is 11.8 Å². The smallest absolute Gasteiger partial charge is 0.331 e. The fourth-order valence-electron chi connectivity index (χ4n) is 1.59. The van der Waals surface area contributed by atoms with Gasteiger partial charge in [0.15, 0.2) is 11.3 Å². The number of benzene rings is 1. The third-order valence-corrected chi connectivity index (χ3v) is 3.17. The summed E-state index contributed by atoms with van der Waals surface area (Å²) in [5.74, 6) is -2.18. The maximum Gasteiger partial charge on any atom is 0.331 e. The molecule has 9 heteroatoms.